The minimum absolute atomic E-state index is 0. The summed E-state index contributed by atoms with van der Waals surface area (Å²) in [5.41, 5.74) is 4.17. The first kappa shape index (κ1) is 23.6. The van der Waals surface area contributed by atoms with Gasteiger partial charge in [-0.15, -0.1) is 23.7 Å². The van der Waals surface area contributed by atoms with Crippen molar-refractivity contribution in [2.75, 3.05) is 23.8 Å². The Kier molecular flexibility index (Phi) is 7.67. The maximum absolute atomic E-state index is 12.9. The fourth-order valence-corrected chi connectivity index (χ4v) is 6.40. The zero-order chi connectivity index (χ0) is 21.3. The van der Waals surface area contributed by atoms with Crippen LogP contribution in [-0.4, -0.2) is 19.5 Å². The Morgan fingerprint density at radius 1 is 1.23 bits per heavy atom. The molecule has 166 valence electrons. The number of nitrogens with zero attached hydrogens (tertiary/aromatic N) is 2. The minimum Gasteiger partial charge on any atom is -0.375 e. The quantitative estimate of drug-likeness (QED) is 0.546. The van der Waals surface area contributed by atoms with Gasteiger partial charge in [0, 0.05) is 30.1 Å². The Labute approximate surface area is 196 Å². The van der Waals surface area contributed by atoms with Gasteiger partial charge in [0.05, 0.1) is 5.56 Å². The van der Waals surface area contributed by atoms with E-state index in [4.69, 9.17) is 0 Å². The van der Waals surface area contributed by atoms with Crippen LogP contribution in [0.5, 0.6) is 0 Å². The molecule has 2 fully saturated rings. The van der Waals surface area contributed by atoms with Crippen molar-refractivity contribution in [3.05, 3.63) is 45.8 Å². The van der Waals surface area contributed by atoms with Gasteiger partial charge in [0.25, 0.3) is 0 Å². The first-order valence-electron chi connectivity index (χ1n) is 11.1. The Bertz CT molecular complexity index is 962. The number of rotatable bonds is 7. The summed E-state index contributed by atoms with van der Waals surface area (Å²) >= 11 is 1.59. The van der Waals surface area contributed by atoms with Crippen LogP contribution in [0.15, 0.2) is 24.3 Å². The van der Waals surface area contributed by atoms with Crippen LogP contribution in [0.4, 0.5) is 10.7 Å². The highest BCUT2D eigenvalue weighted by Gasteiger charge is 2.43. The molecule has 0 unspecified atom stereocenters. The van der Waals surface area contributed by atoms with Crippen molar-refractivity contribution in [3.8, 4) is 6.07 Å². The summed E-state index contributed by atoms with van der Waals surface area (Å²) in [7, 11) is 2.12. The lowest BCUT2D eigenvalue weighted by molar-refractivity contribution is -0.121. The van der Waals surface area contributed by atoms with Crippen molar-refractivity contribution in [2.24, 2.45) is 17.8 Å². The molecule has 0 spiro atoms. The first-order chi connectivity index (χ1) is 14.5. The van der Waals surface area contributed by atoms with E-state index in [0.29, 0.717) is 11.5 Å². The van der Waals surface area contributed by atoms with Gasteiger partial charge >= 0.3 is 0 Å². The van der Waals surface area contributed by atoms with Gasteiger partial charge in [-0.3, -0.25) is 4.79 Å². The normalized spacial score (nSPS) is 21.4. The number of hydrogen-bond donors (Lipinski definition) is 1. The number of nitrogens with one attached hydrogen (secondary N) is 1. The summed E-state index contributed by atoms with van der Waals surface area (Å²) in [5.74, 6) is 1.57. The molecule has 6 heteroatoms. The van der Waals surface area contributed by atoms with E-state index in [9.17, 15) is 10.1 Å². The maximum Gasteiger partial charge on any atom is 0.228 e. The summed E-state index contributed by atoms with van der Waals surface area (Å²) in [6.45, 7) is 5.07. The number of carbonyl (C=O) groups excluding carboxylic acids is 1. The molecule has 1 aromatic heterocycles. The molecule has 2 aliphatic carbocycles. The highest BCUT2D eigenvalue weighted by molar-refractivity contribution is 7.16. The van der Waals surface area contributed by atoms with E-state index >= 15 is 0 Å². The second kappa shape index (κ2) is 10.1. The number of halogens is 1. The summed E-state index contributed by atoms with van der Waals surface area (Å²) in [6.07, 6.45) is 6.66. The Balaban J connectivity index is 0.00000272. The molecule has 3 atom stereocenters. The zero-order valence-corrected chi connectivity index (χ0v) is 20.2. The third-order valence-corrected chi connectivity index (χ3v) is 8.31. The van der Waals surface area contributed by atoms with Crippen LogP contribution in [0, 0.1) is 42.9 Å². The lowest BCUT2D eigenvalue weighted by atomic mass is 9.88. The molecule has 0 saturated heterocycles. The largest absolute Gasteiger partial charge is 0.375 e. The van der Waals surface area contributed by atoms with E-state index in [1.165, 1.54) is 35.4 Å². The summed E-state index contributed by atoms with van der Waals surface area (Å²) in [4.78, 5) is 16.3. The van der Waals surface area contributed by atoms with Crippen LogP contribution in [0.2, 0.25) is 0 Å². The van der Waals surface area contributed by atoms with Crippen molar-refractivity contribution in [2.45, 2.75) is 52.4 Å². The predicted molar refractivity (Wildman–Crippen MR) is 131 cm³/mol. The van der Waals surface area contributed by atoms with E-state index in [-0.39, 0.29) is 24.2 Å². The lowest BCUT2D eigenvalue weighted by Gasteiger charge is -2.20. The Morgan fingerprint density at radius 3 is 2.58 bits per heavy atom. The van der Waals surface area contributed by atoms with Crippen molar-refractivity contribution in [1.29, 1.82) is 5.26 Å². The molecule has 2 bridgehead atoms. The standard InChI is InChI=1S/C25H31N3OS.ClH/c1-16-6-10-20(11-7-16)28(3)12-4-5-23-17(2)22(15-26)25(30-23)27-24(29)21-14-18-8-9-19(21)13-18;/h6-7,10-11,18-19,21H,4-5,8-9,12-14H2,1-3H3,(H,27,29);1H/t18-,19+,21-;/m1./s1. The number of thiophene rings is 1. The van der Waals surface area contributed by atoms with Gasteiger partial charge in [0.15, 0.2) is 0 Å². The molecule has 2 aliphatic rings. The van der Waals surface area contributed by atoms with E-state index in [1.807, 2.05) is 6.92 Å². The maximum atomic E-state index is 12.9. The van der Waals surface area contributed by atoms with Gasteiger partial charge in [-0.1, -0.05) is 24.1 Å². The molecule has 4 nitrogen and oxygen atoms in total. The third-order valence-electron chi connectivity index (χ3n) is 7.04. The molecule has 4 rings (SSSR count). The van der Waals surface area contributed by atoms with Crippen molar-refractivity contribution in [1.82, 2.24) is 0 Å². The number of amides is 1. The van der Waals surface area contributed by atoms with Gasteiger partial charge in [-0.2, -0.15) is 5.26 Å². The van der Waals surface area contributed by atoms with E-state index in [2.05, 4.69) is 54.5 Å². The Hall–Kier alpha value is -2.03. The minimum atomic E-state index is 0. The molecule has 2 saturated carbocycles. The third kappa shape index (κ3) is 5.07. The van der Waals surface area contributed by atoms with Gasteiger partial charge < -0.3 is 10.2 Å². The molecule has 0 aliphatic heterocycles. The van der Waals surface area contributed by atoms with E-state index in [1.54, 1.807) is 11.3 Å². The molecule has 31 heavy (non-hydrogen) atoms. The second-order valence-electron chi connectivity index (χ2n) is 9.10. The van der Waals surface area contributed by atoms with Crippen molar-refractivity contribution in [3.63, 3.8) is 0 Å². The average Bonchev–Trinajstić information content (AvgIpc) is 3.44. The van der Waals surface area contributed by atoms with Crippen LogP contribution in [-0.2, 0) is 11.2 Å². The van der Waals surface area contributed by atoms with Gasteiger partial charge in [0.1, 0.15) is 11.1 Å². The van der Waals surface area contributed by atoms with Crippen LogP contribution in [0.1, 0.15) is 53.7 Å². The molecule has 1 aromatic carbocycles. The number of nitriles is 1. The molecule has 2 aromatic rings. The number of carbonyl (C=O) groups is 1. The molecule has 0 radical (unpaired) electrons. The Morgan fingerprint density at radius 2 is 1.97 bits per heavy atom. The highest BCUT2D eigenvalue weighted by Crippen LogP contribution is 2.49. The van der Waals surface area contributed by atoms with Crippen LogP contribution >= 0.6 is 23.7 Å². The summed E-state index contributed by atoms with van der Waals surface area (Å²) in [6, 6.07) is 10.9. The number of aryl methyl sites for hydroxylation is 2. The molecular formula is C25H32ClN3OS. The van der Waals surface area contributed by atoms with Crippen LogP contribution < -0.4 is 10.2 Å². The average molecular weight is 458 g/mol. The van der Waals surface area contributed by atoms with Crippen LogP contribution in [0.3, 0.4) is 0 Å². The van der Waals surface area contributed by atoms with Gasteiger partial charge in [-0.05, 0) is 75.5 Å². The fraction of sp³-hybridized carbons (Fsp3) is 0.520. The first-order valence-corrected chi connectivity index (χ1v) is 11.9. The highest BCUT2D eigenvalue weighted by atomic mass is 35.5. The topological polar surface area (TPSA) is 56.1 Å². The van der Waals surface area contributed by atoms with Gasteiger partial charge in [0.2, 0.25) is 5.91 Å². The van der Waals surface area contributed by atoms with Crippen LogP contribution in [0.25, 0.3) is 0 Å². The molecular weight excluding hydrogens is 426 g/mol. The number of hydrogen-bond acceptors (Lipinski definition) is 4. The summed E-state index contributed by atoms with van der Waals surface area (Å²) < 4.78 is 0. The molecule has 1 N–H and O–H groups in total. The van der Waals surface area contributed by atoms with Crippen molar-refractivity contribution >= 4 is 40.3 Å². The lowest BCUT2D eigenvalue weighted by Crippen LogP contribution is -2.27. The van der Waals surface area contributed by atoms with Gasteiger partial charge in [-0.25, -0.2) is 0 Å². The summed E-state index contributed by atoms with van der Waals surface area (Å²) in [5, 5.41) is 13.6. The van der Waals surface area contributed by atoms with Crippen molar-refractivity contribution < 1.29 is 4.79 Å². The van der Waals surface area contributed by atoms with E-state index < -0.39 is 0 Å². The van der Waals surface area contributed by atoms with E-state index in [0.717, 1.165) is 42.3 Å². The smallest absolute Gasteiger partial charge is 0.228 e. The number of benzene rings is 1. The SMILES string of the molecule is Cc1ccc(N(C)CCCc2sc(NC(=O)[C@@H]3C[C@@H]4CC[C@H]3C4)c(C#N)c2C)cc1.Cl. The predicted octanol–water partition coefficient (Wildman–Crippen LogP) is 6.10. The monoisotopic (exact) mass is 457 g/mol. The molecule has 1 amide bonds. The molecule has 1 heterocycles. The number of fused-ring (bicyclic) bond motifs is 2. The number of anilines is 2. The zero-order valence-electron chi connectivity index (χ0n) is 18.6. The fourth-order valence-electron chi connectivity index (χ4n) is 5.20. The second-order valence-corrected chi connectivity index (χ2v) is 10.2.